The molecule has 1 unspecified atom stereocenters. The lowest BCUT2D eigenvalue weighted by Crippen LogP contribution is -2.38. The third-order valence-electron chi connectivity index (χ3n) is 3.29. The van der Waals surface area contributed by atoms with Crippen LogP contribution in [0.15, 0.2) is 29.2 Å². The Kier molecular flexibility index (Phi) is 6.95. The average Bonchev–Trinajstić information content (AvgIpc) is 2.46. The molecule has 1 atom stereocenters. The van der Waals surface area contributed by atoms with Crippen LogP contribution >= 0.6 is 11.8 Å². The molecule has 3 nitrogen and oxygen atoms in total. The number of amides is 1. The molecule has 1 N–H and O–H groups in total. The normalized spacial score (nSPS) is 12.2. The van der Waals surface area contributed by atoms with Crippen molar-refractivity contribution in [3.8, 4) is 0 Å². The molecule has 0 aliphatic carbocycles. The Labute approximate surface area is 120 Å². The summed E-state index contributed by atoms with van der Waals surface area (Å²) in [5.41, 5.74) is 1.21. The van der Waals surface area contributed by atoms with E-state index in [-0.39, 0.29) is 11.9 Å². The summed E-state index contributed by atoms with van der Waals surface area (Å²) in [6, 6.07) is 8.65. The summed E-state index contributed by atoms with van der Waals surface area (Å²) >= 11 is 1.74. The van der Waals surface area contributed by atoms with Gasteiger partial charge in [0.2, 0.25) is 5.91 Å². The molecule has 1 aromatic rings. The minimum Gasteiger partial charge on any atom is -0.342 e. The van der Waals surface area contributed by atoms with Crippen LogP contribution in [0.5, 0.6) is 0 Å². The van der Waals surface area contributed by atoms with E-state index in [0.29, 0.717) is 6.54 Å². The second-order valence-electron chi connectivity index (χ2n) is 4.44. The third kappa shape index (κ3) is 4.88. The molecule has 0 aliphatic heterocycles. The molecule has 0 radical (unpaired) electrons. The lowest BCUT2D eigenvalue weighted by molar-refractivity contribution is -0.129. The van der Waals surface area contributed by atoms with Crippen molar-refractivity contribution in [2.45, 2.75) is 31.7 Å². The zero-order valence-electron chi connectivity index (χ0n) is 12.3. The van der Waals surface area contributed by atoms with E-state index in [4.69, 9.17) is 0 Å². The molecule has 0 spiro atoms. The first-order valence-electron chi connectivity index (χ1n) is 6.77. The molecule has 106 valence electrons. The van der Waals surface area contributed by atoms with Gasteiger partial charge in [-0.3, -0.25) is 4.79 Å². The molecule has 0 saturated heterocycles. The van der Waals surface area contributed by atoms with E-state index in [1.54, 1.807) is 11.8 Å². The van der Waals surface area contributed by atoms with Gasteiger partial charge < -0.3 is 10.2 Å². The molecular formula is C15H24N2OS. The highest BCUT2D eigenvalue weighted by Crippen LogP contribution is 2.18. The van der Waals surface area contributed by atoms with E-state index >= 15 is 0 Å². The fourth-order valence-electron chi connectivity index (χ4n) is 1.94. The summed E-state index contributed by atoms with van der Waals surface area (Å²) < 4.78 is 0. The maximum absolute atomic E-state index is 11.9. The molecule has 0 aliphatic rings. The van der Waals surface area contributed by atoms with Crippen molar-refractivity contribution in [3.05, 3.63) is 29.8 Å². The first-order chi connectivity index (χ1) is 9.12. The number of carbonyl (C=O) groups excluding carboxylic acids is 1. The number of rotatable bonds is 7. The fourth-order valence-corrected chi connectivity index (χ4v) is 2.35. The molecule has 1 amide bonds. The van der Waals surface area contributed by atoms with E-state index in [9.17, 15) is 4.79 Å². The SMILES string of the molecule is CCN(CC)C(=O)CNC(C)c1ccc(SC)cc1. The Bertz CT molecular complexity index is 388. The zero-order chi connectivity index (χ0) is 14.3. The Hall–Kier alpha value is -1.00. The van der Waals surface area contributed by atoms with Crippen LogP contribution in [-0.2, 0) is 4.79 Å². The van der Waals surface area contributed by atoms with Gasteiger partial charge in [-0.05, 0) is 44.7 Å². The number of carbonyl (C=O) groups is 1. The van der Waals surface area contributed by atoms with Gasteiger partial charge in [-0.25, -0.2) is 0 Å². The van der Waals surface area contributed by atoms with Gasteiger partial charge in [0.15, 0.2) is 0 Å². The molecule has 0 saturated carbocycles. The van der Waals surface area contributed by atoms with Gasteiger partial charge in [-0.2, -0.15) is 0 Å². The Morgan fingerprint density at radius 2 is 1.84 bits per heavy atom. The lowest BCUT2D eigenvalue weighted by Gasteiger charge is -2.21. The monoisotopic (exact) mass is 280 g/mol. The highest BCUT2D eigenvalue weighted by Gasteiger charge is 2.11. The largest absolute Gasteiger partial charge is 0.342 e. The van der Waals surface area contributed by atoms with Crippen molar-refractivity contribution in [1.82, 2.24) is 10.2 Å². The first kappa shape index (κ1) is 16.1. The minimum atomic E-state index is 0.164. The molecule has 0 fully saturated rings. The van der Waals surface area contributed by atoms with Crippen LogP contribution in [0, 0.1) is 0 Å². The highest BCUT2D eigenvalue weighted by molar-refractivity contribution is 7.98. The second-order valence-corrected chi connectivity index (χ2v) is 5.32. The molecule has 1 aromatic carbocycles. The average molecular weight is 280 g/mol. The lowest BCUT2D eigenvalue weighted by atomic mass is 10.1. The van der Waals surface area contributed by atoms with Crippen LogP contribution in [0.4, 0.5) is 0 Å². The minimum absolute atomic E-state index is 0.164. The van der Waals surface area contributed by atoms with E-state index in [1.807, 2.05) is 18.7 Å². The van der Waals surface area contributed by atoms with Crippen LogP contribution in [0.2, 0.25) is 0 Å². The smallest absolute Gasteiger partial charge is 0.236 e. The van der Waals surface area contributed by atoms with Gasteiger partial charge in [0.1, 0.15) is 0 Å². The van der Waals surface area contributed by atoms with Crippen LogP contribution in [0.3, 0.4) is 0 Å². The number of hydrogen-bond donors (Lipinski definition) is 1. The molecule has 0 heterocycles. The van der Waals surface area contributed by atoms with Crippen molar-refractivity contribution in [2.24, 2.45) is 0 Å². The number of hydrogen-bond acceptors (Lipinski definition) is 3. The van der Waals surface area contributed by atoms with Crippen LogP contribution < -0.4 is 5.32 Å². The van der Waals surface area contributed by atoms with Gasteiger partial charge in [0.25, 0.3) is 0 Å². The summed E-state index contributed by atoms with van der Waals surface area (Å²) in [5, 5.41) is 3.29. The highest BCUT2D eigenvalue weighted by atomic mass is 32.2. The molecule has 19 heavy (non-hydrogen) atoms. The Morgan fingerprint density at radius 3 is 2.32 bits per heavy atom. The Balaban J connectivity index is 2.50. The maximum atomic E-state index is 11.9. The van der Waals surface area contributed by atoms with Gasteiger partial charge in [-0.15, -0.1) is 11.8 Å². The van der Waals surface area contributed by atoms with Gasteiger partial charge >= 0.3 is 0 Å². The summed E-state index contributed by atoms with van der Waals surface area (Å²) in [6.45, 7) is 8.04. The molecule has 4 heteroatoms. The van der Waals surface area contributed by atoms with Crippen molar-refractivity contribution < 1.29 is 4.79 Å². The van der Waals surface area contributed by atoms with E-state index in [2.05, 4.69) is 42.8 Å². The van der Waals surface area contributed by atoms with Gasteiger partial charge in [-0.1, -0.05) is 12.1 Å². The van der Waals surface area contributed by atoms with Crippen LogP contribution in [0.25, 0.3) is 0 Å². The summed E-state index contributed by atoms with van der Waals surface area (Å²) in [7, 11) is 0. The molecular weight excluding hydrogens is 256 g/mol. The predicted octanol–water partition coefficient (Wildman–Crippen LogP) is 2.93. The van der Waals surface area contributed by atoms with Crippen molar-refractivity contribution in [2.75, 3.05) is 25.9 Å². The van der Waals surface area contributed by atoms with Crippen molar-refractivity contribution in [3.63, 3.8) is 0 Å². The summed E-state index contributed by atoms with van der Waals surface area (Å²) in [6.07, 6.45) is 2.07. The quantitative estimate of drug-likeness (QED) is 0.779. The van der Waals surface area contributed by atoms with Crippen LogP contribution in [-0.4, -0.2) is 36.7 Å². The van der Waals surface area contributed by atoms with Crippen molar-refractivity contribution in [1.29, 1.82) is 0 Å². The number of likely N-dealkylation sites (N-methyl/N-ethyl adjacent to an activating group) is 1. The maximum Gasteiger partial charge on any atom is 0.236 e. The van der Waals surface area contributed by atoms with Crippen LogP contribution in [0.1, 0.15) is 32.4 Å². The van der Waals surface area contributed by atoms with Crippen molar-refractivity contribution >= 4 is 17.7 Å². The molecule has 0 bridgehead atoms. The van der Waals surface area contributed by atoms with E-state index in [0.717, 1.165) is 13.1 Å². The number of nitrogens with one attached hydrogen (secondary N) is 1. The van der Waals surface area contributed by atoms with E-state index < -0.39 is 0 Å². The number of nitrogens with zero attached hydrogens (tertiary/aromatic N) is 1. The van der Waals surface area contributed by atoms with Gasteiger partial charge in [0, 0.05) is 24.0 Å². The molecule has 1 rings (SSSR count). The zero-order valence-corrected chi connectivity index (χ0v) is 13.1. The second kappa shape index (κ2) is 8.23. The third-order valence-corrected chi connectivity index (χ3v) is 4.03. The number of thioether (sulfide) groups is 1. The summed E-state index contributed by atoms with van der Waals surface area (Å²) in [4.78, 5) is 15.0. The standard InChI is InChI=1S/C15H24N2OS/c1-5-17(6-2)15(18)11-16-12(3)13-7-9-14(19-4)10-8-13/h7-10,12,16H,5-6,11H2,1-4H3. The van der Waals surface area contributed by atoms with Gasteiger partial charge in [0.05, 0.1) is 6.54 Å². The molecule has 0 aromatic heterocycles. The summed E-state index contributed by atoms with van der Waals surface area (Å²) in [5.74, 6) is 0.164. The Morgan fingerprint density at radius 1 is 1.26 bits per heavy atom. The predicted molar refractivity (Wildman–Crippen MR) is 82.6 cm³/mol. The first-order valence-corrected chi connectivity index (χ1v) is 7.99. The van der Waals surface area contributed by atoms with E-state index in [1.165, 1.54) is 10.5 Å². The topological polar surface area (TPSA) is 32.3 Å². The number of benzene rings is 1. The fraction of sp³-hybridized carbons (Fsp3) is 0.533.